The number of hydrogen-bond acceptors (Lipinski definition) is 1. The predicted molar refractivity (Wildman–Crippen MR) is 64.4 cm³/mol. The fourth-order valence-electron chi connectivity index (χ4n) is 3.12. The van der Waals surface area contributed by atoms with E-state index in [2.05, 4.69) is 37.3 Å². The molecule has 1 fully saturated rings. The van der Waals surface area contributed by atoms with Gasteiger partial charge in [0, 0.05) is 18.3 Å². The van der Waals surface area contributed by atoms with Crippen LogP contribution in [0, 0.1) is 0 Å². The molecular formula is C15H16O. The van der Waals surface area contributed by atoms with Gasteiger partial charge in [0.1, 0.15) is 5.78 Å². The molecule has 1 aromatic carbocycles. The van der Waals surface area contributed by atoms with Crippen molar-refractivity contribution < 1.29 is 4.79 Å². The molecule has 0 saturated heterocycles. The minimum Gasteiger partial charge on any atom is -0.299 e. The molecule has 2 aliphatic rings. The van der Waals surface area contributed by atoms with Crippen LogP contribution >= 0.6 is 0 Å². The largest absolute Gasteiger partial charge is 0.299 e. The zero-order valence-electron chi connectivity index (χ0n) is 9.62. The normalized spacial score (nSPS) is 28.1. The first-order valence-electron chi connectivity index (χ1n) is 6.00. The summed E-state index contributed by atoms with van der Waals surface area (Å²) in [5.41, 5.74) is 4.36. The Morgan fingerprint density at radius 2 is 2.06 bits per heavy atom. The van der Waals surface area contributed by atoms with Crippen LogP contribution in [0.25, 0.3) is 0 Å². The van der Waals surface area contributed by atoms with E-state index in [4.69, 9.17) is 0 Å². The molecule has 2 aliphatic carbocycles. The fraction of sp³-hybridized carbons (Fsp3) is 0.400. The average molecular weight is 212 g/mol. The Kier molecular flexibility index (Phi) is 2.03. The van der Waals surface area contributed by atoms with Crippen molar-refractivity contribution in [2.24, 2.45) is 0 Å². The van der Waals surface area contributed by atoms with E-state index in [9.17, 15) is 4.79 Å². The van der Waals surface area contributed by atoms with Crippen LogP contribution in [0.5, 0.6) is 0 Å². The van der Waals surface area contributed by atoms with E-state index in [1.807, 2.05) is 0 Å². The van der Waals surface area contributed by atoms with Crippen LogP contribution in [0.1, 0.15) is 37.3 Å². The summed E-state index contributed by atoms with van der Waals surface area (Å²) in [6.45, 7) is 2.29. The molecule has 0 heterocycles. The third-order valence-corrected chi connectivity index (χ3v) is 4.18. The summed E-state index contributed by atoms with van der Waals surface area (Å²) in [6.07, 6.45) is 5.66. The second-order valence-electron chi connectivity index (χ2n) is 5.14. The molecule has 82 valence electrons. The van der Waals surface area contributed by atoms with E-state index in [-0.39, 0.29) is 5.41 Å². The maximum Gasteiger partial charge on any atom is 0.137 e. The van der Waals surface area contributed by atoms with Gasteiger partial charge in [0.2, 0.25) is 0 Å². The molecule has 0 aromatic heterocycles. The van der Waals surface area contributed by atoms with Crippen molar-refractivity contribution in [3.8, 4) is 0 Å². The maximum absolute atomic E-state index is 11.5. The first-order chi connectivity index (χ1) is 7.70. The molecule has 16 heavy (non-hydrogen) atoms. The number of carbonyl (C=O) groups excluding carboxylic acids is 1. The molecule has 0 amide bonds. The summed E-state index contributed by atoms with van der Waals surface area (Å²) in [5.74, 6) is 0.406. The molecule has 0 spiro atoms. The number of Topliss-reactive ketones (excluding diaryl/α,β-unsaturated/α-hetero) is 1. The number of fused-ring (bicyclic) bond motifs is 3. The van der Waals surface area contributed by atoms with Crippen molar-refractivity contribution in [2.45, 2.75) is 38.0 Å². The van der Waals surface area contributed by atoms with E-state index in [0.29, 0.717) is 12.2 Å². The Morgan fingerprint density at radius 1 is 1.25 bits per heavy atom. The molecule has 0 aliphatic heterocycles. The monoisotopic (exact) mass is 212 g/mol. The molecule has 0 bridgehead atoms. The lowest BCUT2D eigenvalue weighted by Gasteiger charge is -2.40. The zero-order chi connectivity index (χ0) is 11.2. The first-order valence-corrected chi connectivity index (χ1v) is 6.00. The Hall–Kier alpha value is -1.37. The van der Waals surface area contributed by atoms with Gasteiger partial charge in [-0.05, 0) is 24.0 Å². The van der Waals surface area contributed by atoms with Crippen molar-refractivity contribution in [2.75, 3.05) is 0 Å². The average Bonchev–Trinajstić information content (AvgIpc) is 2.31. The third-order valence-electron chi connectivity index (χ3n) is 4.18. The summed E-state index contributed by atoms with van der Waals surface area (Å²) in [6, 6.07) is 8.67. The van der Waals surface area contributed by atoms with Crippen molar-refractivity contribution in [3.05, 3.63) is 47.0 Å². The number of rotatable bonds is 0. The van der Waals surface area contributed by atoms with Crippen molar-refractivity contribution in [3.63, 3.8) is 0 Å². The van der Waals surface area contributed by atoms with E-state index in [1.165, 1.54) is 16.7 Å². The summed E-state index contributed by atoms with van der Waals surface area (Å²) in [4.78, 5) is 11.5. The maximum atomic E-state index is 11.5. The van der Waals surface area contributed by atoms with Gasteiger partial charge in [0.05, 0.1) is 0 Å². The van der Waals surface area contributed by atoms with E-state index in [0.717, 1.165) is 19.3 Å². The van der Waals surface area contributed by atoms with Crippen molar-refractivity contribution in [1.82, 2.24) is 0 Å². The minimum atomic E-state index is 0.128. The van der Waals surface area contributed by atoms with E-state index >= 15 is 0 Å². The smallest absolute Gasteiger partial charge is 0.137 e. The molecule has 1 nitrogen and oxygen atoms in total. The van der Waals surface area contributed by atoms with Gasteiger partial charge in [0.25, 0.3) is 0 Å². The highest BCUT2D eigenvalue weighted by Gasteiger charge is 2.38. The number of hydrogen-bond donors (Lipinski definition) is 0. The molecule has 1 atom stereocenters. The molecule has 1 saturated carbocycles. The van der Waals surface area contributed by atoms with Crippen molar-refractivity contribution >= 4 is 5.78 Å². The number of ketones is 1. The molecule has 1 heteroatoms. The lowest BCUT2D eigenvalue weighted by atomic mass is 9.63. The van der Waals surface area contributed by atoms with Gasteiger partial charge in [-0.25, -0.2) is 0 Å². The SMILES string of the molecule is CC12CCC(=O)CC1=CCc1ccccc12. The van der Waals surface area contributed by atoms with E-state index in [1.54, 1.807) is 0 Å². The van der Waals surface area contributed by atoms with Crippen LogP contribution in [0.2, 0.25) is 0 Å². The van der Waals surface area contributed by atoms with Gasteiger partial charge in [0.15, 0.2) is 0 Å². The second kappa shape index (κ2) is 3.31. The topological polar surface area (TPSA) is 17.1 Å². The highest BCUT2D eigenvalue weighted by molar-refractivity contribution is 5.83. The van der Waals surface area contributed by atoms with Crippen LogP contribution in [-0.4, -0.2) is 5.78 Å². The van der Waals surface area contributed by atoms with Gasteiger partial charge >= 0.3 is 0 Å². The quantitative estimate of drug-likeness (QED) is 0.604. The van der Waals surface area contributed by atoms with Gasteiger partial charge < -0.3 is 0 Å². The standard InChI is InChI=1S/C15H16O/c1-15-9-8-13(16)10-12(15)7-6-11-4-2-3-5-14(11)15/h2-5,7H,6,8-10H2,1H3. The Bertz CT molecular complexity index is 484. The van der Waals surface area contributed by atoms with Crippen LogP contribution in [0.15, 0.2) is 35.9 Å². The molecule has 1 aromatic rings. The molecule has 0 radical (unpaired) electrons. The molecule has 0 N–H and O–H groups in total. The molecule has 3 rings (SSSR count). The Morgan fingerprint density at radius 3 is 2.94 bits per heavy atom. The highest BCUT2D eigenvalue weighted by Crippen LogP contribution is 2.45. The predicted octanol–water partition coefficient (Wildman–Crippen LogP) is 3.18. The molecule has 1 unspecified atom stereocenters. The Balaban J connectivity index is 2.12. The van der Waals surface area contributed by atoms with Gasteiger partial charge in [-0.3, -0.25) is 4.79 Å². The molecular weight excluding hydrogens is 196 g/mol. The zero-order valence-corrected chi connectivity index (χ0v) is 9.62. The Labute approximate surface area is 96.2 Å². The van der Waals surface area contributed by atoms with Crippen LogP contribution in [0.4, 0.5) is 0 Å². The second-order valence-corrected chi connectivity index (χ2v) is 5.14. The summed E-state index contributed by atoms with van der Waals surface area (Å²) in [5, 5.41) is 0. The van der Waals surface area contributed by atoms with Gasteiger partial charge in [-0.2, -0.15) is 0 Å². The van der Waals surface area contributed by atoms with E-state index < -0.39 is 0 Å². The van der Waals surface area contributed by atoms with Crippen LogP contribution in [-0.2, 0) is 16.6 Å². The number of allylic oxidation sites excluding steroid dienone is 2. The lowest BCUT2D eigenvalue weighted by Crippen LogP contribution is -2.34. The van der Waals surface area contributed by atoms with Gasteiger partial charge in [-0.1, -0.05) is 42.8 Å². The van der Waals surface area contributed by atoms with Crippen LogP contribution < -0.4 is 0 Å². The third kappa shape index (κ3) is 1.27. The van der Waals surface area contributed by atoms with Crippen LogP contribution in [0.3, 0.4) is 0 Å². The summed E-state index contributed by atoms with van der Waals surface area (Å²) >= 11 is 0. The summed E-state index contributed by atoms with van der Waals surface area (Å²) in [7, 11) is 0. The highest BCUT2D eigenvalue weighted by atomic mass is 16.1. The first kappa shape index (κ1) is 9.83. The fourth-order valence-corrected chi connectivity index (χ4v) is 3.12. The summed E-state index contributed by atoms with van der Waals surface area (Å²) < 4.78 is 0. The number of carbonyl (C=O) groups is 1. The number of benzene rings is 1. The lowest BCUT2D eigenvalue weighted by molar-refractivity contribution is -0.119. The van der Waals surface area contributed by atoms with Crippen molar-refractivity contribution in [1.29, 1.82) is 0 Å². The minimum absolute atomic E-state index is 0.128. The van der Waals surface area contributed by atoms with Gasteiger partial charge in [-0.15, -0.1) is 0 Å².